The molecule has 0 aliphatic heterocycles. The lowest BCUT2D eigenvalue weighted by Crippen LogP contribution is -2.51. The third-order valence-electron chi connectivity index (χ3n) is 8.29. The van der Waals surface area contributed by atoms with Crippen LogP contribution in [0, 0.1) is 28.6 Å². The van der Waals surface area contributed by atoms with Gasteiger partial charge in [0.25, 0.3) is 0 Å². The van der Waals surface area contributed by atoms with Gasteiger partial charge in [0.1, 0.15) is 5.78 Å². The first-order chi connectivity index (χ1) is 11.6. The molecule has 0 amide bonds. The largest absolute Gasteiger partial charge is 0.414 e. The van der Waals surface area contributed by atoms with Crippen molar-refractivity contribution < 1.29 is 9.22 Å². The molecule has 3 saturated carbocycles. The zero-order valence-electron chi connectivity index (χ0n) is 16.9. The normalized spacial score (nSPS) is 46.9. The quantitative estimate of drug-likeness (QED) is 0.464. The number of rotatable bonds is 2. The fourth-order valence-electron chi connectivity index (χ4n) is 7.00. The fourth-order valence-corrected chi connectivity index (χ4v) is 8.20. The maximum absolute atomic E-state index is 12.5. The summed E-state index contributed by atoms with van der Waals surface area (Å²) in [6.45, 7) is 11.8. The first kappa shape index (κ1) is 18.0. The van der Waals surface area contributed by atoms with E-state index in [0.29, 0.717) is 23.2 Å². The number of ketones is 1. The van der Waals surface area contributed by atoms with E-state index in [1.807, 2.05) is 0 Å². The molecule has 4 rings (SSSR count). The van der Waals surface area contributed by atoms with Crippen molar-refractivity contribution in [1.82, 2.24) is 0 Å². The van der Waals surface area contributed by atoms with Gasteiger partial charge in [-0.05, 0) is 87.8 Å². The van der Waals surface area contributed by atoms with Crippen LogP contribution in [-0.4, -0.2) is 20.2 Å². The summed E-state index contributed by atoms with van der Waals surface area (Å²) in [5, 5.41) is 0. The SMILES string of the molecule is C[C@]12CC[C@H](O[Si](C)(C)C)CC1=CCC1C2CC[C@]2(C)C(=O)CCC12. The first-order valence-corrected chi connectivity index (χ1v) is 13.9. The van der Waals surface area contributed by atoms with Gasteiger partial charge in [0.15, 0.2) is 8.32 Å². The topological polar surface area (TPSA) is 26.3 Å². The van der Waals surface area contributed by atoms with Gasteiger partial charge < -0.3 is 4.43 Å². The van der Waals surface area contributed by atoms with Crippen molar-refractivity contribution in [2.75, 3.05) is 0 Å². The minimum Gasteiger partial charge on any atom is -0.414 e. The molecule has 0 bridgehead atoms. The van der Waals surface area contributed by atoms with E-state index in [1.165, 1.54) is 25.7 Å². The average molecular weight is 361 g/mol. The molecule has 0 heterocycles. The lowest BCUT2D eigenvalue weighted by Gasteiger charge is -2.57. The highest BCUT2D eigenvalue weighted by Crippen LogP contribution is 2.64. The Bertz CT molecular complexity index is 604. The third-order valence-corrected chi connectivity index (χ3v) is 9.33. The van der Waals surface area contributed by atoms with E-state index < -0.39 is 8.32 Å². The maximum atomic E-state index is 12.5. The Morgan fingerprint density at radius 3 is 2.44 bits per heavy atom. The van der Waals surface area contributed by atoms with Crippen LogP contribution >= 0.6 is 0 Å². The highest BCUT2D eigenvalue weighted by atomic mass is 28.4. The Labute approximate surface area is 154 Å². The zero-order chi connectivity index (χ0) is 18.0. The first-order valence-electron chi connectivity index (χ1n) is 10.5. The molecule has 25 heavy (non-hydrogen) atoms. The van der Waals surface area contributed by atoms with Crippen molar-refractivity contribution in [3.05, 3.63) is 11.6 Å². The van der Waals surface area contributed by atoms with Crippen LogP contribution in [0.5, 0.6) is 0 Å². The van der Waals surface area contributed by atoms with E-state index in [0.717, 1.165) is 37.5 Å². The van der Waals surface area contributed by atoms with Crippen molar-refractivity contribution in [3.8, 4) is 0 Å². The van der Waals surface area contributed by atoms with Gasteiger partial charge in [-0.1, -0.05) is 25.5 Å². The van der Waals surface area contributed by atoms with E-state index in [1.54, 1.807) is 5.57 Å². The molecular weight excluding hydrogens is 324 g/mol. The van der Waals surface area contributed by atoms with Gasteiger partial charge in [-0.15, -0.1) is 0 Å². The van der Waals surface area contributed by atoms with Crippen LogP contribution in [0.1, 0.15) is 65.2 Å². The molecule has 4 aliphatic carbocycles. The lowest BCUT2D eigenvalue weighted by molar-refractivity contribution is -0.131. The molecular formula is C22H36O2Si. The second-order valence-electron chi connectivity index (χ2n) is 10.8. The molecule has 0 N–H and O–H groups in total. The van der Waals surface area contributed by atoms with Crippen LogP contribution < -0.4 is 0 Å². The second kappa shape index (κ2) is 5.79. The molecule has 0 radical (unpaired) electrons. The van der Waals surface area contributed by atoms with Gasteiger partial charge >= 0.3 is 0 Å². The van der Waals surface area contributed by atoms with Crippen molar-refractivity contribution in [3.63, 3.8) is 0 Å². The van der Waals surface area contributed by atoms with Crippen molar-refractivity contribution in [1.29, 1.82) is 0 Å². The van der Waals surface area contributed by atoms with E-state index in [-0.39, 0.29) is 5.41 Å². The summed E-state index contributed by atoms with van der Waals surface area (Å²) in [6, 6.07) is 0. The monoisotopic (exact) mass is 360 g/mol. The Morgan fingerprint density at radius 2 is 1.72 bits per heavy atom. The van der Waals surface area contributed by atoms with Crippen LogP contribution in [0.4, 0.5) is 0 Å². The van der Waals surface area contributed by atoms with Gasteiger partial charge in [-0.25, -0.2) is 0 Å². The molecule has 0 aromatic rings. The summed E-state index contributed by atoms with van der Waals surface area (Å²) in [6.07, 6.45) is 12.3. The smallest absolute Gasteiger partial charge is 0.184 e. The number of Topliss-reactive ketones (excluding diaryl/α,β-unsaturated/α-hetero) is 1. The summed E-state index contributed by atoms with van der Waals surface area (Å²) >= 11 is 0. The molecule has 0 spiro atoms. The number of fused-ring (bicyclic) bond motifs is 5. The summed E-state index contributed by atoms with van der Waals surface area (Å²) in [7, 11) is -1.46. The minimum atomic E-state index is -1.46. The zero-order valence-corrected chi connectivity index (χ0v) is 17.9. The van der Waals surface area contributed by atoms with E-state index in [9.17, 15) is 4.79 Å². The fraction of sp³-hybridized carbons (Fsp3) is 0.864. The molecule has 0 aromatic heterocycles. The number of carbonyl (C=O) groups excluding carboxylic acids is 1. The number of hydrogen-bond donors (Lipinski definition) is 0. The highest BCUT2D eigenvalue weighted by molar-refractivity contribution is 6.69. The summed E-state index contributed by atoms with van der Waals surface area (Å²) < 4.78 is 6.46. The van der Waals surface area contributed by atoms with Gasteiger partial charge in [-0.3, -0.25) is 4.79 Å². The van der Waals surface area contributed by atoms with Crippen LogP contribution in [0.15, 0.2) is 11.6 Å². The number of allylic oxidation sites excluding steroid dienone is 1. The second-order valence-corrected chi connectivity index (χ2v) is 15.2. The molecule has 140 valence electrons. The van der Waals surface area contributed by atoms with Crippen LogP contribution in [0.25, 0.3) is 0 Å². The van der Waals surface area contributed by atoms with Crippen molar-refractivity contribution in [2.45, 2.75) is 91.0 Å². The highest BCUT2D eigenvalue weighted by Gasteiger charge is 2.58. The van der Waals surface area contributed by atoms with Crippen LogP contribution in [0.3, 0.4) is 0 Å². The summed E-state index contributed by atoms with van der Waals surface area (Å²) in [5.74, 6) is 2.74. The van der Waals surface area contributed by atoms with Crippen LogP contribution in [0.2, 0.25) is 19.6 Å². The molecule has 3 unspecified atom stereocenters. The van der Waals surface area contributed by atoms with E-state index >= 15 is 0 Å². The van der Waals surface area contributed by atoms with Gasteiger partial charge in [-0.2, -0.15) is 0 Å². The number of hydrogen-bond acceptors (Lipinski definition) is 2. The van der Waals surface area contributed by atoms with Crippen molar-refractivity contribution in [2.24, 2.45) is 28.6 Å². The minimum absolute atomic E-state index is 0.00101. The molecule has 2 nitrogen and oxygen atoms in total. The van der Waals surface area contributed by atoms with Gasteiger partial charge in [0, 0.05) is 17.9 Å². The summed E-state index contributed by atoms with van der Waals surface area (Å²) in [4.78, 5) is 12.5. The Kier molecular flexibility index (Phi) is 4.16. The number of carbonyl (C=O) groups is 1. The molecule has 0 saturated heterocycles. The van der Waals surface area contributed by atoms with Crippen molar-refractivity contribution >= 4 is 14.1 Å². The Hall–Kier alpha value is -0.413. The Morgan fingerprint density at radius 1 is 1.04 bits per heavy atom. The summed E-state index contributed by atoms with van der Waals surface area (Å²) in [5.41, 5.74) is 2.06. The molecule has 6 atom stereocenters. The van der Waals surface area contributed by atoms with Crippen LogP contribution in [-0.2, 0) is 9.22 Å². The lowest BCUT2D eigenvalue weighted by atomic mass is 9.48. The molecule has 0 aromatic carbocycles. The third kappa shape index (κ3) is 2.81. The van der Waals surface area contributed by atoms with Gasteiger partial charge in [0.05, 0.1) is 0 Å². The molecule has 4 aliphatic rings. The average Bonchev–Trinajstić information content (AvgIpc) is 2.82. The van der Waals surface area contributed by atoms with Gasteiger partial charge in [0.2, 0.25) is 0 Å². The van der Waals surface area contributed by atoms with E-state index in [2.05, 4.69) is 39.6 Å². The Balaban J connectivity index is 1.57. The predicted octanol–water partition coefficient (Wildman–Crippen LogP) is 5.74. The molecule has 3 fully saturated rings. The molecule has 3 heteroatoms. The predicted molar refractivity (Wildman–Crippen MR) is 105 cm³/mol. The van der Waals surface area contributed by atoms with E-state index in [4.69, 9.17) is 4.43 Å². The standard InChI is InChI=1S/C22H36O2Si/c1-21-12-10-16(24-25(3,4)5)14-15(21)6-7-17-18-8-9-20(23)22(18,2)13-11-19(17)21/h6,16-19H,7-14H2,1-5H3/t16-,17?,18?,19?,21-,22-/m0/s1. The maximum Gasteiger partial charge on any atom is 0.184 e.